The molecule has 0 heterocycles. The van der Waals surface area contributed by atoms with Crippen molar-refractivity contribution in [2.45, 2.75) is 90.1 Å². The lowest BCUT2D eigenvalue weighted by atomic mass is 9.68. The van der Waals surface area contributed by atoms with Gasteiger partial charge in [0.15, 0.2) is 11.5 Å². The molecule has 0 atom stereocenters. The fourth-order valence-corrected chi connectivity index (χ4v) is 5.25. The number of ether oxygens (including phenoxy) is 3. The first-order valence-corrected chi connectivity index (χ1v) is 11.5. The molecule has 0 saturated heterocycles. The van der Waals surface area contributed by atoms with Gasteiger partial charge in [-0.25, -0.2) is 4.79 Å². The molecule has 0 unspecified atom stereocenters. The van der Waals surface area contributed by atoms with Gasteiger partial charge < -0.3 is 14.2 Å². The van der Waals surface area contributed by atoms with Crippen LogP contribution in [-0.2, 0) is 4.74 Å². The second-order valence-electron chi connectivity index (χ2n) is 8.75. The van der Waals surface area contributed by atoms with E-state index in [1.54, 1.807) is 6.92 Å². The highest BCUT2D eigenvalue weighted by Crippen LogP contribution is 2.44. The van der Waals surface area contributed by atoms with Crippen LogP contribution in [0.5, 0.6) is 11.5 Å². The number of hydrogen-bond acceptors (Lipinski definition) is 4. The largest absolute Gasteiger partial charge is 0.514 e. The Morgan fingerprint density at radius 3 is 2.20 bits per heavy atom. The topological polar surface area (TPSA) is 44.8 Å². The summed E-state index contributed by atoms with van der Waals surface area (Å²) < 4.78 is 44.1. The lowest BCUT2D eigenvalue weighted by Gasteiger charge is -2.42. The third-order valence-electron chi connectivity index (χ3n) is 6.77. The Balaban J connectivity index is 1.61. The van der Waals surface area contributed by atoms with Crippen LogP contribution in [0.4, 0.5) is 13.6 Å². The van der Waals surface area contributed by atoms with E-state index >= 15 is 0 Å². The summed E-state index contributed by atoms with van der Waals surface area (Å²) in [6, 6.07) is 2.44. The number of hydrogen-bond donors (Lipinski definition) is 0. The third kappa shape index (κ3) is 5.44. The van der Waals surface area contributed by atoms with E-state index in [1.165, 1.54) is 44.2 Å². The van der Waals surface area contributed by atoms with E-state index < -0.39 is 29.1 Å². The van der Waals surface area contributed by atoms with Gasteiger partial charge in [-0.3, -0.25) is 0 Å². The monoisotopic (exact) mass is 424 g/mol. The van der Waals surface area contributed by atoms with Gasteiger partial charge in [-0.2, -0.15) is 8.78 Å². The molecule has 4 nitrogen and oxygen atoms in total. The maximum absolute atomic E-state index is 14.2. The van der Waals surface area contributed by atoms with Gasteiger partial charge in [0.2, 0.25) is 11.6 Å². The summed E-state index contributed by atoms with van der Waals surface area (Å²) in [5, 5.41) is 0. The van der Waals surface area contributed by atoms with E-state index in [2.05, 4.69) is 6.92 Å². The van der Waals surface area contributed by atoms with Gasteiger partial charge in [-0.1, -0.05) is 45.4 Å². The smallest absolute Gasteiger partial charge is 0.491 e. The zero-order valence-electron chi connectivity index (χ0n) is 18.2. The Bertz CT molecular complexity index is 707. The second kappa shape index (κ2) is 10.5. The van der Waals surface area contributed by atoms with Crippen molar-refractivity contribution in [1.29, 1.82) is 0 Å². The molecule has 2 aliphatic rings. The van der Waals surface area contributed by atoms with Crippen LogP contribution in [0.1, 0.15) is 84.5 Å². The summed E-state index contributed by atoms with van der Waals surface area (Å²) in [7, 11) is 0. The molecule has 0 aromatic heterocycles. The molecule has 0 spiro atoms. The number of carbonyl (C=O) groups is 1. The predicted molar refractivity (Wildman–Crippen MR) is 111 cm³/mol. The highest BCUT2D eigenvalue weighted by molar-refractivity contribution is 5.64. The average molecular weight is 425 g/mol. The Hall–Kier alpha value is -1.85. The van der Waals surface area contributed by atoms with E-state index in [9.17, 15) is 13.6 Å². The molecular formula is C24H34F2O4. The summed E-state index contributed by atoms with van der Waals surface area (Å²) in [5.41, 5.74) is -0.572. The van der Waals surface area contributed by atoms with Crippen molar-refractivity contribution in [2.75, 3.05) is 6.61 Å². The Labute approximate surface area is 178 Å². The van der Waals surface area contributed by atoms with Gasteiger partial charge in [0.25, 0.3) is 0 Å². The number of rotatable bonds is 7. The van der Waals surface area contributed by atoms with Gasteiger partial charge in [0, 0.05) is 0 Å². The van der Waals surface area contributed by atoms with Crippen LogP contribution >= 0.6 is 0 Å². The molecule has 3 rings (SSSR count). The molecule has 2 fully saturated rings. The standard InChI is InChI=1S/C24H34F2O4/c1-3-14-24(15-12-18(13-16-24)17-8-6-5-7-9-17)30-23(27)29-20-11-10-19(28-4-2)21(25)22(20)26/h10-11,17-18H,3-9,12-16H2,1-2H3/t18-,24+. The van der Waals surface area contributed by atoms with Gasteiger partial charge in [0.1, 0.15) is 5.60 Å². The summed E-state index contributed by atoms with van der Waals surface area (Å²) in [4.78, 5) is 12.5. The predicted octanol–water partition coefficient (Wildman–Crippen LogP) is 7.19. The maximum Gasteiger partial charge on any atom is 0.514 e. The van der Waals surface area contributed by atoms with Crippen LogP contribution < -0.4 is 9.47 Å². The molecule has 0 bridgehead atoms. The minimum absolute atomic E-state index is 0.208. The van der Waals surface area contributed by atoms with E-state index in [0.717, 1.165) is 44.4 Å². The molecule has 1 aromatic rings. The van der Waals surface area contributed by atoms with Gasteiger partial charge in [-0.05, 0) is 63.0 Å². The minimum atomic E-state index is -1.25. The van der Waals surface area contributed by atoms with Crippen molar-refractivity contribution >= 4 is 6.16 Å². The van der Waals surface area contributed by atoms with E-state index in [0.29, 0.717) is 5.92 Å². The van der Waals surface area contributed by atoms with E-state index in [1.807, 2.05) is 0 Å². The fraction of sp³-hybridized carbons (Fsp3) is 0.708. The number of carbonyl (C=O) groups excluding carboxylic acids is 1. The van der Waals surface area contributed by atoms with Crippen LogP contribution in [0.3, 0.4) is 0 Å². The van der Waals surface area contributed by atoms with E-state index in [4.69, 9.17) is 14.2 Å². The van der Waals surface area contributed by atoms with Gasteiger partial charge in [-0.15, -0.1) is 0 Å². The van der Waals surface area contributed by atoms with Crippen molar-refractivity contribution in [2.24, 2.45) is 11.8 Å². The van der Waals surface area contributed by atoms with Gasteiger partial charge in [0.05, 0.1) is 6.61 Å². The van der Waals surface area contributed by atoms with Crippen LogP contribution in [-0.4, -0.2) is 18.4 Å². The lowest BCUT2D eigenvalue weighted by Crippen LogP contribution is -2.41. The Morgan fingerprint density at radius 2 is 1.57 bits per heavy atom. The molecule has 6 heteroatoms. The van der Waals surface area contributed by atoms with Crippen LogP contribution in [0.15, 0.2) is 12.1 Å². The molecule has 0 aliphatic heterocycles. The second-order valence-corrected chi connectivity index (χ2v) is 8.75. The molecule has 2 saturated carbocycles. The first kappa shape index (κ1) is 22.8. The van der Waals surface area contributed by atoms with Crippen LogP contribution in [0.2, 0.25) is 0 Å². The first-order valence-electron chi connectivity index (χ1n) is 11.5. The summed E-state index contributed by atoms with van der Waals surface area (Å²) in [6.07, 6.45) is 11.0. The molecular weight excluding hydrogens is 390 g/mol. The lowest BCUT2D eigenvalue weighted by molar-refractivity contribution is -0.0579. The van der Waals surface area contributed by atoms with E-state index in [-0.39, 0.29) is 12.4 Å². The van der Waals surface area contributed by atoms with Crippen molar-refractivity contribution in [1.82, 2.24) is 0 Å². The molecule has 30 heavy (non-hydrogen) atoms. The average Bonchev–Trinajstić information content (AvgIpc) is 2.75. The highest BCUT2D eigenvalue weighted by atomic mass is 19.2. The first-order chi connectivity index (χ1) is 14.5. The Kier molecular flexibility index (Phi) is 7.95. The van der Waals surface area contributed by atoms with Crippen molar-refractivity contribution in [3.63, 3.8) is 0 Å². The van der Waals surface area contributed by atoms with Gasteiger partial charge >= 0.3 is 6.16 Å². The quantitative estimate of drug-likeness (QED) is 0.343. The highest BCUT2D eigenvalue weighted by Gasteiger charge is 2.40. The zero-order chi connectivity index (χ0) is 21.6. The summed E-state index contributed by atoms with van der Waals surface area (Å²) in [6.45, 7) is 3.94. The van der Waals surface area contributed by atoms with Crippen molar-refractivity contribution in [3.8, 4) is 11.5 Å². The van der Waals surface area contributed by atoms with Crippen LogP contribution in [0.25, 0.3) is 0 Å². The number of halogens is 2. The molecule has 1 aromatic carbocycles. The maximum atomic E-state index is 14.2. The van der Waals surface area contributed by atoms with Crippen molar-refractivity contribution < 1.29 is 27.8 Å². The van der Waals surface area contributed by atoms with Crippen molar-refractivity contribution in [3.05, 3.63) is 23.8 Å². The molecule has 0 radical (unpaired) electrons. The Morgan fingerprint density at radius 1 is 0.967 bits per heavy atom. The van der Waals surface area contributed by atoms with Crippen LogP contribution in [0, 0.1) is 23.5 Å². The fourth-order valence-electron chi connectivity index (χ4n) is 5.25. The molecule has 168 valence electrons. The molecule has 2 aliphatic carbocycles. The molecule has 0 N–H and O–H groups in total. The third-order valence-corrected chi connectivity index (χ3v) is 6.77. The summed E-state index contributed by atoms with van der Waals surface area (Å²) in [5.74, 6) is -1.61. The minimum Gasteiger partial charge on any atom is -0.491 e. The normalized spacial score (nSPS) is 25.0. The molecule has 0 amide bonds. The zero-order valence-corrected chi connectivity index (χ0v) is 18.2. The number of benzene rings is 1. The summed E-state index contributed by atoms with van der Waals surface area (Å²) >= 11 is 0. The SMILES string of the molecule is CCC[C@]1(OC(=O)Oc2ccc(OCC)c(F)c2F)CC[C@@H](C2CCCCC2)CC1.